The Bertz CT molecular complexity index is 1210. The Kier molecular flexibility index (Phi) is 7.01. The van der Waals surface area contributed by atoms with Gasteiger partial charge in [-0.1, -0.05) is 87.0 Å². The van der Waals surface area contributed by atoms with Crippen LogP contribution in [0.1, 0.15) is 31.7 Å². The van der Waals surface area contributed by atoms with E-state index in [2.05, 4.69) is 49.9 Å². The van der Waals surface area contributed by atoms with Gasteiger partial charge < -0.3 is 4.74 Å². The molecule has 4 aromatic rings. The van der Waals surface area contributed by atoms with Gasteiger partial charge in [0.2, 0.25) is 0 Å². The van der Waals surface area contributed by atoms with Gasteiger partial charge in [-0.15, -0.1) is 0 Å². The topological polar surface area (TPSA) is 9.23 Å². The van der Waals surface area contributed by atoms with Crippen molar-refractivity contribution >= 4 is 10.8 Å². The number of fused-ring (bicyclic) bond motifs is 1. The minimum atomic E-state index is -0.228. The van der Waals surface area contributed by atoms with Crippen LogP contribution in [0.2, 0.25) is 0 Å². The molecule has 0 saturated carbocycles. The van der Waals surface area contributed by atoms with Crippen LogP contribution in [0.5, 0.6) is 5.75 Å². The van der Waals surface area contributed by atoms with Crippen molar-refractivity contribution in [2.24, 2.45) is 0 Å². The van der Waals surface area contributed by atoms with E-state index in [0.717, 1.165) is 28.9 Å². The Morgan fingerprint density at radius 1 is 0.781 bits per heavy atom. The summed E-state index contributed by atoms with van der Waals surface area (Å²) in [6.45, 7) is 6.33. The second-order valence-electron chi connectivity index (χ2n) is 8.17. The molecule has 0 heterocycles. The highest BCUT2D eigenvalue weighted by Crippen LogP contribution is 2.31. The highest BCUT2D eigenvalue weighted by Gasteiger charge is 2.09. The van der Waals surface area contributed by atoms with E-state index in [4.69, 9.17) is 4.74 Å². The summed E-state index contributed by atoms with van der Waals surface area (Å²) in [7, 11) is 0. The van der Waals surface area contributed by atoms with Crippen LogP contribution >= 0.6 is 0 Å². The third kappa shape index (κ3) is 5.08. The molecule has 0 bridgehead atoms. The fourth-order valence-electron chi connectivity index (χ4n) is 4.02. The zero-order valence-electron chi connectivity index (χ0n) is 18.6. The second kappa shape index (κ2) is 10.3. The van der Waals surface area contributed by atoms with Crippen molar-refractivity contribution < 1.29 is 9.13 Å². The lowest BCUT2D eigenvalue weighted by atomic mass is 9.96. The van der Waals surface area contributed by atoms with Crippen LogP contribution in [0, 0.1) is 5.82 Å². The van der Waals surface area contributed by atoms with Crippen molar-refractivity contribution in [3.8, 4) is 28.0 Å². The molecule has 0 aliphatic carbocycles. The third-order valence-electron chi connectivity index (χ3n) is 5.81. The van der Waals surface area contributed by atoms with E-state index in [1.165, 1.54) is 35.6 Å². The van der Waals surface area contributed by atoms with Crippen molar-refractivity contribution in [1.82, 2.24) is 0 Å². The number of rotatable bonds is 9. The van der Waals surface area contributed by atoms with Gasteiger partial charge in [-0.05, 0) is 70.1 Å². The predicted molar refractivity (Wildman–Crippen MR) is 134 cm³/mol. The summed E-state index contributed by atoms with van der Waals surface area (Å²) < 4.78 is 20.5. The van der Waals surface area contributed by atoms with E-state index in [0.29, 0.717) is 12.2 Å². The van der Waals surface area contributed by atoms with Gasteiger partial charge in [0.15, 0.2) is 0 Å². The van der Waals surface area contributed by atoms with Gasteiger partial charge in [-0.2, -0.15) is 0 Å². The average Bonchev–Trinajstić information content (AvgIpc) is 2.83. The van der Waals surface area contributed by atoms with Crippen LogP contribution in [-0.2, 0) is 6.42 Å². The molecule has 0 aliphatic heterocycles. The summed E-state index contributed by atoms with van der Waals surface area (Å²) in [4.78, 5) is 0. The van der Waals surface area contributed by atoms with Gasteiger partial charge in [0.1, 0.15) is 18.2 Å². The molecule has 0 unspecified atom stereocenters. The Morgan fingerprint density at radius 3 is 2.22 bits per heavy atom. The Labute approximate surface area is 190 Å². The molecule has 0 saturated heterocycles. The van der Waals surface area contributed by atoms with Crippen molar-refractivity contribution in [2.45, 2.75) is 32.6 Å². The monoisotopic (exact) mass is 424 g/mol. The van der Waals surface area contributed by atoms with Crippen LogP contribution in [0.4, 0.5) is 4.39 Å². The van der Waals surface area contributed by atoms with E-state index in [9.17, 15) is 4.39 Å². The van der Waals surface area contributed by atoms with E-state index < -0.39 is 0 Å². The zero-order chi connectivity index (χ0) is 22.3. The first-order valence-corrected chi connectivity index (χ1v) is 11.3. The van der Waals surface area contributed by atoms with Crippen molar-refractivity contribution in [2.75, 3.05) is 6.61 Å². The maximum atomic E-state index is 15.0. The maximum Gasteiger partial charge on any atom is 0.131 e. The lowest BCUT2D eigenvalue weighted by Gasteiger charge is -2.10. The molecule has 4 rings (SSSR count). The maximum absolute atomic E-state index is 15.0. The molecule has 0 fully saturated rings. The van der Waals surface area contributed by atoms with Gasteiger partial charge in [0.25, 0.3) is 0 Å². The summed E-state index contributed by atoms with van der Waals surface area (Å²) in [5, 5.41) is 2.42. The number of halogens is 1. The highest BCUT2D eigenvalue weighted by molar-refractivity contribution is 5.88. The quantitative estimate of drug-likeness (QED) is 0.193. The molecule has 1 nitrogen and oxygen atoms in total. The third-order valence-corrected chi connectivity index (χ3v) is 5.81. The molecule has 0 aromatic heterocycles. The first-order valence-electron chi connectivity index (χ1n) is 11.3. The number of hydrogen-bond donors (Lipinski definition) is 0. The summed E-state index contributed by atoms with van der Waals surface area (Å²) in [5.74, 6) is 0.518. The lowest BCUT2D eigenvalue weighted by Crippen LogP contribution is -1.92. The molecular weight excluding hydrogens is 395 g/mol. The van der Waals surface area contributed by atoms with Gasteiger partial charge >= 0.3 is 0 Å². The van der Waals surface area contributed by atoms with E-state index in [1.807, 2.05) is 36.4 Å². The van der Waals surface area contributed by atoms with Crippen LogP contribution < -0.4 is 4.74 Å². The highest BCUT2D eigenvalue weighted by atomic mass is 19.1. The first kappa shape index (κ1) is 21.8. The van der Waals surface area contributed by atoms with Crippen LogP contribution in [0.15, 0.2) is 91.5 Å². The molecule has 0 aliphatic rings. The van der Waals surface area contributed by atoms with Crippen molar-refractivity contribution in [3.05, 3.63) is 103 Å². The molecule has 162 valence electrons. The predicted octanol–water partition coefficient (Wildman–Crippen LogP) is 8.61. The standard InChI is InChI=1S/C30H29FO/c1-3-5-6-7-22-8-9-25-20-26(11-10-24(25)19-22)27-14-17-29(30(31)21-27)23-12-15-28(16-13-23)32-18-4-2/h4,8-17,19-21H,2-3,5-7,18H2,1H3. The molecule has 32 heavy (non-hydrogen) atoms. The average molecular weight is 425 g/mol. The van der Waals surface area contributed by atoms with E-state index in [-0.39, 0.29) is 5.82 Å². The van der Waals surface area contributed by atoms with Gasteiger partial charge in [0, 0.05) is 5.56 Å². The molecule has 4 aromatic carbocycles. The van der Waals surface area contributed by atoms with Crippen LogP contribution in [-0.4, -0.2) is 6.61 Å². The minimum Gasteiger partial charge on any atom is -0.490 e. The molecule has 0 N–H and O–H groups in total. The van der Waals surface area contributed by atoms with Crippen LogP contribution in [0.25, 0.3) is 33.0 Å². The number of ether oxygens (including phenoxy) is 1. The molecule has 0 atom stereocenters. The largest absolute Gasteiger partial charge is 0.490 e. The Hall–Kier alpha value is -3.39. The molecule has 2 heteroatoms. The fourth-order valence-corrected chi connectivity index (χ4v) is 4.02. The van der Waals surface area contributed by atoms with E-state index >= 15 is 0 Å². The van der Waals surface area contributed by atoms with Gasteiger partial charge in [-0.25, -0.2) is 4.39 Å². The normalized spacial score (nSPS) is 10.9. The van der Waals surface area contributed by atoms with Crippen molar-refractivity contribution in [3.63, 3.8) is 0 Å². The molecule has 0 radical (unpaired) electrons. The first-order chi connectivity index (χ1) is 15.7. The zero-order valence-corrected chi connectivity index (χ0v) is 18.6. The molecule has 0 spiro atoms. The van der Waals surface area contributed by atoms with Crippen LogP contribution in [0.3, 0.4) is 0 Å². The number of unbranched alkanes of at least 4 members (excludes halogenated alkanes) is 2. The SMILES string of the molecule is C=CCOc1ccc(-c2ccc(-c3ccc4cc(CCCCC)ccc4c3)cc2F)cc1. The number of hydrogen-bond acceptors (Lipinski definition) is 1. The van der Waals surface area contributed by atoms with Gasteiger partial charge in [-0.3, -0.25) is 0 Å². The van der Waals surface area contributed by atoms with Crippen molar-refractivity contribution in [1.29, 1.82) is 0 Å². The summed E-state index contributed by atoms with van der Waals surface area (Å²) in [6.07, 6.45) is 6.56. The smallest absolute Gasteiger partial charge is 0.131 e. The summed E-state index contributed by atoms with van der Waals surface area (Å²) in [5.41, 5.74) is 4.70. The fraction of sp³-hybridized carbons (Fsp3) is 0.200. The van der Waals surface area contributed by atoms with Gasteiger partial charge in [0.05, 0.1) is 0 Å². The number of aryl methyl sites for hydroxylation is 1. The Balaban J connectivity index is 1.55. The molecule has 0 amide bonds. The minimum absolute atomic E-state index is 0.228. The van der Waals surface area contributed by atoms with E-state index in [1.54, 1.807) is 12.1 Å². The molecular formula is C30H29FO. The summed E-state index contributed by atoms with van der Waals surface area (Å²) >= 11 is 0. The second-order valence-corrected chi connectivity index (χ2v) is 8.17. The Morgan fingerprint density at radius 2 is 1.47 bits per heavy atom. The number of benzene rings is 4. The summed E-state index contributed by atoms with van der Waals surface area (Å²) in [6, 6.07) is 26.0. The lowest BCUT2D eigenvalue weighted by molar-refractivity contribution is 0.363.